The van der Waals surface area contributed by atoms with Gasteiger partial charge in [0, 0.05) is 12.4 Å². The molecule has 1 N–H and O–H groups in total. The number of hydrogen-bond acceptors (Lipinski definition) is 3. The highest BCUT2D eigenvalue weighted by Gasteiger charge is 2.36. The molecule has 0 unspecified atom stereocenters. The number of alkyl halides is 3. The Labute approximate surface area is 128 Å². The number of hydrogen-bond donors (Lipinski definition) is 1. The zero-order chi connectivity index (χ0) is 16.2. The van der Waals surface area contributed by atoms with E-state index in [0.29, 0.717) is 5.15 Å². The van der Waals surface area contributed by atoms with E-state index in [2.05, 4.69) is 15.1 Å². The van der Waals surface area contributed by atoms with Gasteiger partial charge in [-0.2, -0.15) is 13.2 Å². The van der Waals surface area contributed by atoms with E-state index in [1.54, 1.807) is 24.4 Å². The van der Waals surface area contributed by atoms with Crippen molar-refractivity contribution < 1.29 is 18.4 Å². The normalized spacial score (nSPS) is 13.5. The molecular formula is C13H10ClF3N4O. The molecule has 2 aromatic heterocycles. The Hall–Kier alpha value is -2.35. The zero-order valence-corrected chi connectivity index (χ0v) is 11.8. The highest BCUT2D eigenvalue weighted by atomic mass is 35.5. The molecule has 9 heteroatoms. The molecule has 0 saturated heterocycles. The van der Waals surface area contributed by atoms with Gasteiger partial charge >= 0.3 is 6.18 Å². The van der Waals surface area contributed by atoms with Crippen LogP contribution in [-0.2, 0) is 6.54 Å². The molecule has 2 rings (SSSR count). The van der Waals surface area contributed by atoms with E-state index >= 15 is 0 Å². The van der Waals surface area contributed by atoms with Crippen molar-refractivity contribution in [1.82, 2.24) is 9.55 Å². The van der Waals surface area contributed by atoms with Crippen molar-refractivity contribution in [3.63, 3.8) is 0 Å². The maximum atomic E-state index is 12.6. The van der Waals surface area contributed by atoms with E-state index in [1.165, 1.54) is 22.9 Å². The van der Waals surface area contributed by atoms with Gasteiger partial charge in [-0.15, -0.1) is 0 Å². The monoisotopic (exact) mass is 330 g/mol. The molecule has 0 aliphatic carbocycles. The van der Waals surface area contributed by atoms with E-state index in [0.717, 1.165) is 5.56 Å². The molecule has 0 fully saturated rings. The van der Waals surface area contributed by atoms with Gasteiger partial charge in [0.05, 0.1) is 6.54 Å². The van der Waals surface area contributed by atoms with Crippen molar-refractivity contribution in [1.29, 1.82) is 0 Å². The SMILES string of the molecule is O/N=C(/N=c1ccccn1Cc1ccc(Cl)nc1)C(F)(F)F. The highest BCUT2D eigenvalue weighted by Crippen LogP contribution is 2.17. The van der Waals surface area contributed by atoms with Crippen LogP contribution in [0, 0.1) is 0 Å². The van der Waals surface area contributed by atoms with Crippen molar-refractivity contribution in [2.75, 3.05) is 0 Å². The van der Waals surface area contributed by atoms with Crippen LogP contribution in [0.5, 0.6) is 0 Å². The quantitative estimate of drug-likeness (QED) is 0.302. The summed E-state index contributed by atoms with van der Waals surface area (Å²) >= 11 is 5.68. The fourth-order valence-electron chi connectivity index (χ4n) is 1.65. The minimum atomic E-state index is -4.84. The minimum absolute atomic E-state index is 0.0115. The third kappa shape index (κ3) is 4.08. The van der Waals surface area contributed by atoms with Crippen molar-refractivity contribution in [2.24, 2.45) is 10.1 Å². The average Bonchev–Trinajstić information content (AvgIpc) is 2.47. The summed E-state index contributed by atoms with van der Waals surface area (Å²) in [6, 6.07) is 7.82. The lowest BCUT2D eigenvalue weighted by molar-refractivity contribution is -0.0620. The molecule has 0 atom stereocenters. The van der Waals surface area contributed by atoms with E-state index in [9.17, 15) is 13.2 Å². The van der Waals surface area contributed by atoms with Crippen LogP contribution in [0.4, 0.5) is 13.2 Å². The Morgan fingerprint density at radius 2 is 2.05 bits per heavy atom. The molecule has 22 heavy (non-hydrogen) atoms. The van der Waals surface area contributed by atoms with Crippen LogP contribution in [0.15, 0.2) is 52.9 Å². The smallest absolute Gasteiger partial charge is 0.409 e. The van der Waals surface area contributed by atoms with Crippen molar-refractivity contribution in [3.8, 4) is 0 Å². The van der Waals surface area contributed by atoms with Crippen LogP contribution in [0.25, 0.3) is 0 Å². The van der Waals surface area contributed by atoms with Gasteiger partial charge in [0.25, 0.3) is 5.84 Å². The summed E-state index contributed by atoms with van der Waals surface area (Å²) < 4.78 is 39.2. The van der Waals surface area contributed by atoms with Crippen LogP contribution in [0.3, 0.4) is 0 Å². The summed E-state index contributed by atoms with van der Waals surface area (Å²) in [5.74, 6) is -1.62. The van der Waals surface area contributed by atoms with Gasteiger partial charge in [0.1, 0.15) is 10.6 Å². The topological polar surface area (TPSA) is 62.8 Å². The molecule has 0 aliphatic heterocycles. The summed E-state index contributed by atoms with van der Waals surface area (Å²) in [6.45, 7) is 0.237. The standard InChI is InChI=1S/C13H10ClF3N4O/c14-10-5-4-9(7-18-10)8-21-6-2-1-3-11(21)19-12(20-22)13(15,16)17/h1-7,22H,8H2/b19-11?,20-12+. The van der Waals surface area contributed by atoms with Crippen LogP contribution in [0.2, 0.25) is 5.15 Å². The number of nitrogens with zero attached hydrogens (tertiary/aromatic N) is 4. The van der Waals surface area contributed by atoms with Crippen LogP contribution in [-0.4, -0.2) is 26.8 Å². The molecule has 2 heterocycles. The van der Waals surface area contributed by atoms with Gasteiger partial charge in [-0.05, 0) is 23.8 Å². The second-order valence-electron chi connectivity index (χ2n) is 4.21. The Morgan fingerprint density at radius 3 is 2.64 bits per heavy atom. The largest absolute Gasteiger partial charge is 0.455 e. The third-order valence-corrected chi connectivity index (χ3v) is 2.85. The van der Waals surface area contributed by atoms with Gasteiger partial charge in [0.2, 0.25) is 0 Å². The fraction of sp³-hybridized carbons (Fsp3) is 0.154. The maximum Gasteiger partial charge on any atom is 0.455 e. The lowest BCUT2D eigenvalue weighted by Crippen LogP contribution is -2.28. The van der Waals surface area contributed by atoms with Crippen molar-refractivity contribution in [3.05, 3.63) is 58.9 Å². The molecule has 0 aliphatic rings. The van der Waals surface area contributed by atoms with Crippen molar-refractivity contribution in [2.45, 2.75) is 12.7 Å². The average molecular weight is 331 g/mol. The summed E-state index contributed by atoms with van der Waals surface area (Å²) in [6.07, 6.45) is -1.78. The first-order chi connectivity index (χ1) is 10.4. The van der Waals surface area contributed by atoms with Gasteiger partial charge in [-0.1, -0.05) is 28.9 Å². The van der Waals surface area contributed by atoms with E-state index < -0.39 is 12.0 Å². The summed E-state index contributed by atoms with van der Waals surface area (Å²) in [5, 5.41) is 11.0. The van der Waals surface area contributed by atoms with E-state index in [1.807, 2.05) is 0 Å². The second-order valence-corrected chi connectivity index (χ2v) is 4.60. The Morgan fingerprint density at radius 1 is 1.27 bits per heavy atom. The van der Waals surface area contributed by atoms with Crippen molar-refractivity contribution >= 4 is 17.4 Å². The van der Waals surface area contributed by atoms with Gasteiger partial charge in [0.15, 0.2) is 0 Å². The molecule has 0 radical (unpaired) electrons. The Bertz CT molecular complexity index is 738. The number of aromatic nitrogens is 2. The summed E-state index contributed by atoms with van der Waals surface area (Å²) in [5.41, 5.74) is 0.717. The molecule has 0 saturated carbocycles. The first kappa shape index (κ1) is 16.0. The number of oxime groups is 1. The molecule has 2 aromatic rings. The Kier molecular flexibility index (Phi) is 4.81. The molecular weight excluding hydrogens is 321 g/mol. The minimum Gasteiger partial charge on any atom is -0.409 e. The molecule has 116 valence electrons. The molecule has 0 bridgehead atoms. The fourth-order valence-corrected chi connectivity index (χ4v) is 1.76. The Balaban J connectivity index is 2.40. The van der Waals surface area contributed by atoms with Crippen LogP contribution in [0.1, 0.15) is 5.56 Å². The number of pyridine rings is 2. The predicted molar refractivity (Wildman–Crippen MR) is 73.6 cm³/mol. The van der Waals surface area contributed by atoms with E-state index in [4.69, 9.17) is 16.8 Å². The molecule has 0 amide bonds. The van der Waals surface area contributed by atoms with Gasteiger partial charge in [-0.25, -0.2) is 9.98 Å². The number of rotatable bonds is 2. The van der Waals surface area contributed by atoms with Crippen LogP contribution < -0.4 is 5.49 Å². The second kappa shape index (κ2) is 6.61. The summed E-state index contributed by atoms with van der Waals surface area (Å²) in [7, 11) is 0. The van der Waals surface area contributed by atoms with Crippen LogP contribution >= 0.6 is 11.6 Å². The third-order valence-electron chi connectivity index (χ3n) is 2.63. The number of halogens is 4. The zero-order valence-electron chi connectivity index (χ0n) is 11.0. The number of amidine groups is 1. The maximum absolute atomic E-state index is 12.6. The first-order valence-corrected chi connectivity index (χ1v) is 6.38. The highest BCUT2D eigenvalue weighted by molar-refractivity contribution is 6.29. The molecule has 0 spiro atoms. The summed E-state index contributed by atoms with van der Waals surface area (Å²) in [4.78, 5) is 7.25. The lowest BCUT2D eigenvalue weighted by atomic mass is 10.3. The van der Waals surface area contributed by atoms with Gasteiger partial charge < -0.3 is 9.77 Å². The molecule has 0 aromatic carbocycles. The first-order valence-electron chi connectivity index (χ1n) is 6.00. The predicted octanol–water partition coefficient (Wildman–Crippen LogP) is 2.84. The van der Waals surface area contributed by atoms with Gasteiger partial charge in [-0.3, -0.25) is 0 Å². The van der Waals surface area contributed by atoms with E-state index in [-0.39, 0.29) is 12.0 Å². The lowest BCUT2D eigenvalue weighted by Gasteiger charge is -2.08. The molecule has 5 nitrogen and oxygen atoms in total.